The smallest absolute Gasteiger partial charge is 0.225 e. The number of aromatic nitrogens is 3. The highest BCUT2D eigenvalue weighted by molar-refractivity contribution is 7.99. The second-order valence-electron chi connectivity index (χ2n) is 3.82. The Kier molecular flexibility index (Phi) is 4.93. The first-order valence-electron chi connectivity index (χ1n) is 5.85. The fraction of sp³-hybridized carbons (Fsp3) is 0.250. The van der Waals surface area contributed by atoms with Crippen LogP contribution >= 0.6 is 11.8 Å². The minimum Gasteiger partial charge on any atom is -0.326 e. The van der Waals surface area contributed by atoms with E-state index >= 15 is 0 Å². The molecular formula is C12H15N5OS. The topological polar surface area (TPSA) is 82.7 Å². The van der Waals surface area contributed by atoms with Crippen molar-refractivity contribution in [3.8, 4) is 0 Å². The van der Waals surface area contributed by atoms with Crippen molar-refractivity contribution in [3.63, 3.8) is 0 Å². The predicted octanol–water partition coefficient (Wildman–Crippen LogP) is 1.50. The predicted molar refractivity (Wildman–Crippen MR) is 74.1 cm³/mol. The summed E-state index contributed by atoms with van der Waals surface area (Å²) in [6.45, 7) is 0.672. The van der Waals surface area contributed by atoms with Crippen LogP contribution in [0.15, 0.2) is 40.6 Å². The zero-order valence-corrected chi connectivity index (χ0v) is 11.3. The number of hydrogen-bond donors (Lipinski definition) is 3. The molecule has 0 bridgehead atoms. The molecule has 1 aromatic heterocycles. The van der Waals surface area contributed by atoms with E-state index in [1.54, 1.807) is 0 Å². The number of nitrogens with zero attached hydrogens (tertiary/aromatic N) is 2. The van der Waals surface area contributed by atoms with Gasteiger partial charge in [0, 0.05) is 23.5 Å². The molecule has 0 aliphatic carbocycles. The molecule has 1 amide bonds. The molecule has 1 heterocycles. The van der Waals surface area contributed by atoms with Crippen molar-refractivity contribution in [1.29, 1.82) is 0 Å². The quantitative estimate of drug-likeness (QED) is 0.745. The number of carbonyl (C=O) groups excluding carboxylic acids is 1. The summed E-state index contributed by atoms with van der Waals surface area (Å²) in [7, 11) is 1.82. The van der Waals surface area contributed by atoms with Gasteiger partial charge in [-0.15, -0.1) is 0 Å². The second kappa shape index (κ2) is 6.91. The average Bonchev–Trinajstić information content (AvgIpc) is 2.91. The number of anilines is 1. The molecule has 0 fully saturated rings. The van der Waals surface area contributed by atoms with E-state index in [0.29, 0.717) is 13.0 Å². The van der Waals surface area contributed by atoms with Gasteiger partial charge in [0.15, 0.2) is 5.16 Å². The van der Waals surface area contributed by atoms with Gasteiger partial charge in [0.05, 0.1) is 0 Å². The molecule has 2 aromatic rings. The number of benzene rings is 1. The lowest BCUT2D eigenvalue weighted by atomic mass is 10.3. The summed E-state index contributed by atoms with van der Waals surface area (Å²) in [6, 6.07) is 7.60. The van der Waals surface area contributed by atoms with Crippen LogP contribution < -0.4 is 10.6 Å². The van der Waals surface area contributed by atoms with E-state index in [4.69, 9.17) is 0 Å². The Morgan fingerprint density at radius 1 is 1.37 bits per heavy atom. The van der Waals surface area contributed by atoms with Crippen molar-refractivity contribution in [2.24, 2.45) is 0 Å². The monoisotopic (exact) mass is 277 g/mol. The molecule has 0 unspecified atom stereocenters. The van der Waals surface area contributed by atoms with Gasteiger partial charge in [-0.1, -0.05) is 11.8 Å². The van der Waals surface area contributed by atoms with Crippen LogP contribution in [0.3, 0.4) is 0 Å². The maximum atomic E-state index is 11.5. The Morgan fingerprint density at radius 2 is 2.16 bits per heavy atom. The lowest BCUT2D eigenvalue weighted by Crippen LogP contribution is -2.18. The highest BCUT2D eigenvalue weighted by Crippen LogP contribution is 2.25. The lowest BCUT2D eigenvalue weighted by molar-refractivity contribution is -0.116. The fourth-order valence-corrected chi connectivity index (χ4v) is 2.12. The first-order chi connectivity index (χ1) is 9.28. The van der Waals surface area contributed by atoms with Gasteiger partial charge in [0.25, 0.3) is 0 Å². The highest BCUT2D eigenvalue weighted by atomic mass is 32.2. The molecule has 3 N–H and O–H groups in total. The van der Waals surface area contributed by atoms with E-state index in [-0.39, 0.29) is 5.91 Å². The molecule has 0 saturated carbocycles. The number of hydrogen-bond acceptors (Lipinski definition) is 5. The van der Waals surface area contributed by atoms with Crippen molar-refractivity contribution >= 4 is 23.4 Å². The van der Waals surface area contributed by atoms with Crippen LogP contribution in [-0.2, 0) is 4.79 Å². The Labute approximate surface area is 115 Å². The van der Waals surface area contributed by atoms with Gasteiger partial charge in [-0.05, 0) is 31.3 Å². The summed E-state index contributed by atoms with van der Waals surface area (Å²) in [6.07, 6.45) is 1.93. The molecule has 0 saturated heterocycles. The molecular weight excluding hydrogens is 262 g/mol. The van der Waals surface area contributed by atoms with Crippen LogP contribution in [0.1, 0.15) is 6.42 Å². The van der Waals surface area contributed by atoms with Gasteiger partial charge < -0.3 is 10.6 Å². The van der Waals surface area contributed by atoms with Crippen molar-refractivity contribution in [1.82, 2.24) is 20.5 Å². The van der Waals surface area contributed by atoms with E-state index in [2.05, 4.69) is 25.8 Å². The third-order valence-electron chi connectivity index (χ3n) is 2.35. The molecule has 7 heteroatoms. The maximum absolute atomic E-state index is 11.5. The standard InChI is InChI=1S/C12H15N5OS/c1-13-7-6-11(18)16-9-2-4-10(5-3-9)19-12-14-8-15-17-12/h2-5,8,13H,6-7H2,1H3,(H,16,18)(H,14,15,17). The van der Waals surface area contributed by atoms with E-state index in [1.165, 1.54) is 18.1 Å². The van der Waals surface area contributed by atoms with Crippen LogP contribution in [0.25, 0.3) is 0 Å². The zero-order chi connectivity index (χ0) is 13.5. The van der Waals surface area contributed by atoms with Crippen LogP contribution in [0.2, 0.25) is 0 Å². The Hall–Kier alpha value is -1.86. The Balaban J connectivity index is 1.89. The first-order valence-corrected chi connectivity index (χ1v) is 6.67. The molecule has 6 nitrogen and oxygen atoms in total. The number of rotatable bonds is 6. The summed E-state index contributed by atoms with van der Waals surface area (Å²) in [5.74, 6) is 0.00462. The zero-order valence-electron chi connectivity index (χ0n) is 10.5. The third kappa shape index (κ3) is 4.38. The number of amides is 1. The van der Waals surface area contributed by atoms with Crippen molar-refractivity contribution in [3.05, 3.63) is 30.6 Å². The van der Waals surface area contributed by atoms with Gasteiger partial charge >= 0.3 is 0 Å². The van der Waals surface area contributed by atoms with Gasteiger partial charge in [-0.3, -0.25) is 9.89 Å². The summed E-state index contributed by atoms with van der Waals surface area (Å²) < 4.78 is 0. The van der Waals surface area contributed by atoms with Crippen LogP contribution in [0, 0.1) is 0 Å². The second-order valence-corrected chi connectivity index (χ2v) is 4.88. The third-order valence-corrected chi connectivity index (χ3v) is 3.25. The van der Waals surface area contributed by atoms with E-state index < -0.39 is 0 Å². The van der Waals surface area contributed by atoms with E-state index in [9.17, 15) is 4.79 Å². The van der Waals surface area contributed by atoms with Crippen molar-refractivity contribution < 1.29 is 4.79 Å². The molecule has 0 atom stereocenters. The van der Waals surface area contributed by atoms with Gasteiger partial charge in [0.2, 0.25) is 5.91 Å². The number of aromatic amines is 1. The lowest BCUT2D eigenvalue weighted by Gasteiger charge is -2.05. The van der Waals surface area contributed by atoms with Crippen LogP contribution in [0.4, 0.5) is 5.69 Å². The summed E-state index contributed by atoms with van der Waals surface area (Å²) in [4.78, 5) is 16.6. The maximum Gasteiger partial charge on any atom is 0.225 e. The molecule has 19 heavy (non-hydrogen) atoms. The number of H-pyrrole nitrogens is 1. The normalized spacial score (nSPS) is 10.4. The minimum atomic E-state index is 0.00462. The van der Waals surface area contributed by atoms with Gasteiger partial charge in [-0.25, -0.2) is 4.98 Å². The Bertz CT molecular complexity index is 511. The van der Waals surface area contributed by atoms with E-state index in [1.807, 2.05) is 31.3 Å². The summed E-state index contributed by atoms with van der Waals surface area (Å²) in [5.41, 5.74) is 0.794. The first kappa shape index (κ1) is 13.6. The summed E-state index contributed by atoms with van der Waals surface area (Å²) >= 11 is 1.48. The molecule has 1 aromatic carbocycles. The van der Waals surface area contributed by atoms with Crippen LogP contribution in [-0.4, -0.2) is 34.7 Å². The molecule has 2 rings (SSSR count). The van der Waals surface area contributed by atoms with E-state index in [0.717, 1.165) is 15.7 Å². The molecule has 0 spiro atoms. The number of carbonyl (C=O) groups is 1. The largest absolute Gasteiger partial charge is 0.326 e. The molecule has 0 aliphatic rings. The fourth-order valence-electron chi connectivity index (χ4n) is 1.42. The minimum absolute atomic E-state index is 0.00462. The van der Waals surface area contributed by atoms with Crippen molar-refractivity contribution in [2.75, 3.05) is 18.9 Å². The number of nitrogens with one attached hydrogen (secondary N) is 3. The Morgan fingerprint density at radius 3 is 2.79 bits per heavy atom. The van der Waals surface area contributed by atoms with Crippen LogP contribution in [0.5, 0.6) is 0 Å². The summed E-state index contributed by atoms with van der Waals surface area (Å²) in [5, 5.41) is 13.1. The molecule has 100 valence electrons. The molecule has 0 aliphatic heterocycles. The average molecular weight is 277 g/mol. The van der Waals surface area contributed by atoms with Gasteiger partial charge in [-0.2, -0.15) is 5.10 Å². The van der Waals surface area contributed by atoms with Crippen molar-refractivity contribution in [2.45, 2.75) is 16.5 Å². The SMILES string of the molecule is CNCCC(=O)Nc1ccc(Sc2ncn[nH]2)cc1. The highest BCUT2D eigenvalue weighted by Gasteiger charge is 2.03. The molecule has 0 radical (unpaired) electrons. The van der Waals surface area contributed by atoms with Gasteiger partial charge in [0.1, 0.15) is 6.33 Å².